The lowest BCUT2D eigenvalue weighted by atomic mass is 10.3. The molecule has 1 aromatic carbocycles. The molecule has 0 aliphatic carbocycles. The molecule has 1 heterocycles. The van der Waals surface area contributed by atoms with Gasteiger partial charge in [-0.25, -0.2) is 9.98 Å². The average Bonchev–Trinajstić information content (AvgIpc) is 2.45. The molecule has 2 rings (SSSR count). The van der Waals surface area contributed by atoms with Crippen LogP contribution in [-0.2, 0) is 10.1 Å². The first-order valence-electron chi connectivity index (χ1n) is 3.54. The Hall–Kier alpha value is -1.27. The van der Waals surface area contributed by atoms with Gasteiger partial charge in [-0.15, -0.1) is 0 Å². The van der Waals surface area contributed by atoms with Crippen molar-refractivity contribution in [1.29, 1.82) is 0 Å². The van der Waals surface area contributed by atoms with Crippen LogP contribution in [0.5, 0.6) is 0 Å². The van der Waals surface area contributed by atoms with E-state index in [0.717, 1.165) is 0 Å². The van der Waals surface area contributed by atoms with Crippen LogP contribution in [0.4, 0.5) is 0 Å². The van der Waals surface area contributed by atoms with Gasteiger partial charge in [-0.1, -0.05) is 12.1 Å². The van der Waals surface area contributed by atoms with Gasteiger partial charge < -0.3 is 0 Å². The van der Waals surface area contributed by atoms with Crippen LogP contribution in [0, 0.1) is 0 Å². The monoisotopic (exact) mass is 198 g/mol. The fourth-order valence-electron chi connectivity index (χ4n) is 1.08. The van der Waals surface area contributed by atoms with Crippen molar-refractivity contribution in [3.05, 3.63) is 35.0 Å². The van der Waals surface area contributed by atoms with Crippen molar-refractivity contribution in [2.75, 3.05) is 0 Å². The van der Waals surface area contributed by atoms with E-state index in [9.17, 15) is 8.42 Å². The van der Waals surface area contributed by atoms with Crippen LogP contribution in [0.1, 0.15) is 0 Å². The number of hydrogen-bond donors (Lipinski definition) is 1. The molecular formula is C7H6N2O3S. The van der Waals surface area contributed by atoms with E-state index in [1.165, 1.54) is 0 Å². The van der Waals surface area contributed by atoms with Crippen molar-refractivity contribution in [3.63, 3.8) is 0 Å². The van der Waals surface area contributed by atoms with Crippen molar-refractivity contribution in [2.45, 2.75) is 5.50 Å². The third-order valence-electron chi connectivity index (χ3n) is 1.65. The average molecular weight is 198 g/mol. The second-order valence-corrected chi connectivity index (χ2v) is 4.04. The first-order chi connectivity index (χ1) is 6.07. The normalized spacial score (nSPS) is 16.1. The number of rotatable bonds is 1. The molecule has 1 aromatic rings. The summed E-state index contributed by atoms with van der Waals surface area (Å²) in [4.78, 5) is 7.44. The number of hydrogen-bond acceptors (Lipinski definition) is 4. The van der Waals surface area contributed by atoms with E-state index in [0.29, 0.717) is 10.7 Å². The number of nitrogens with zero attached hydrogens (tertiary/aromatic N) is 2. The maximum atomic E-state index is 10.7. The lowest BCUT2D eigenvalue weighted by Crippen LogP contribution is -2.19. The van der Waals surface area contributed by atoms with E-state index in [2.05, 4.69) is 9.98 Å². The standard InChI is InChI=1S/C7H6N2O3S/c10-13(11,12)7-8-5-3-1-2-4-6(5)9-7/h1-4,7H,(H,10,11,12). The summed E-state index contributed by atoms with van der Waals surface area (Å²) in [6.07, 6.45) is 0. The van der Waals surface area contributed by atoms with Gasteiger partial charge in [0.2, 0.25) is 0 Å². The van der Waals surface area contributed by atoms with Crippen molar-refractivity contribution in [2.24, 2.45) is 9.98 Å². The summed E-state index contributed by atoms with van der Waals surface area (Å²) < 4.78 is 30.0. The minimum atomic E-state index is -4.20. The summed E-state index contributed by atoms with van der Waals surface area (Å²) in [5.41, 5.74) is -1.38. The van der Waals surface area contributed by atoms with Crippen molar-refractivity contribution < 1.29 is 13.0 Å². The molecule has 0 spiro atoms. The molecule has 0 fully saturated rings. The molecule has 0 bridgehead atoms. The second kappa shape index (κ2) is 2.61. The van der Waals surface area contributed by atoms with Crippen LogP contribution in [0.15, 0.2) is 34.3 Å². The van der Waals surface area contributed by atoms with E-state index in [4.69, 9.17) is 4.55 Å². The zero-order valence-corrected chi connectivity index (χ0v) is 7.27. The van der Waals surface area contributed by atoms with E-state index in [-0.39, 0.29) is 0 Å². The molecule has 1 N–H and O–H groups in total. The Kier molecular flexibility index (Phi) is 1.67. The van der Waals surface area contributed by atoms with Gasteiger partial charge in [0.1, 0.15) is 0 Å². The maximum absolute atomic E-state index is 10.7. The van der Waals surface area contributed by atoms with Crippen LogP contribution >= 0.6 is 0 Å². The van der Waals surface area contributed by atoms with E-state index in [1.807, 2.05) is 0 Å². The topological polar surface area (TPSA) is 79.1 Å². The van der Waals surface area contributed by atoms with E-state index < -0.39 is 15.6 Å². The fraction of sp³-hybridized carbons (Fsp3) is 0.143. The van der Waals surface area contributed by atoms with Gasteiger partial charge in [-0.2, -0.15) is 8.42 Å². The Labute approximate surface area is 74.2 Å². The molecule has 0 amide bonds. The Morgan fingerprint density at radius 2 is 1.62 bits per heavy atom. The minimum Gasteiger partial charge on any atom is -0.282 e. The first kappa shape index (κ1) is 8.33. The third-order valence-corrected chi connectivity index (χ3v) is 2.39. The van der Waals surface area contributed by atoms with E-state index in [1.54, 1.807) is 24.3 Å². The zero-order chi connectivity index (χ0) is 9.47. The largest absolute Gasteiger partial charge is 0.309 e. The number of benzene rings is 1. The molecule has 13 heavy (non-hydrogen) atoms. The fourth-order valence-corrected chi connectivity index (χ4v) is 1.58. The molecule has 1 aliphatic rings. The molecule has 5 nitrogen and oxygen atoms in total. The molecule has 1 aliphatic heterocycles. The van der Waals surface area contributed by atoms with Gasteiger partial charge in [-0.3, -0.25) is 4.55 Å². The first-order valence-corrected chi connectivity index (χ1v) is 5.05. The SMILES string of the molecule is O=S(=O)(O)C1N=c2ccccc2=N1. The molecule has 6 heteroatoms. The molecule has 0 radical (unpaired) electrons. The summed E-state index contributed by atoms with van der Waals surface area (Å²) in [5, 5.41) is 0.982. The van der Waals surface area contributed by atoms with Gasteiger partial charge in [-0.05, 0) is 12.1 Å². The lowest BCUT2D eigenvalue weighted by molar-refractivity contribution is 0.469. The third kappa shape index (κ3) is 1.45. The van der Waals surface area contributed by atoms with Gasteiger partial charge in [0, 0.05) is 0 Å². The molecule has 68 valence electrons. The number of para-hydroxylation sites is 2. The quantitative estimate of drug-likeness (QED) is 0.594. The van der Waals surface area contributed by atoms with Crippen LogP contribution in [-0.4, -0.2) is 18.5 Å². The van der Waals surface area contributed by atoms with Crippen LogP contribution < -0.4 is 10.7 Å². The van der Waals surface area contributed by atoms with Crippen LogP contribution in [0.25, 0.3) is 0 Å². The highest BCUT2D eigenvalue weighted by atomic mass is 32.2. The van der Waals surface area contributed by atoms with Gasteiger partial charge in [0.05, 0.1) is 10.7 Å². The minimum absolute atomic E-state index is 0.491. The number of fused-ring (bicyclic) bond motifs is 1. The highest BCUT2D eigenvalue weighted by Crippen LogP contribution is 2.02. The second-order valence-electron chi connectivity index (χ2n) is 2.59. The van der Waals surface area contributed by atoms with Crippen molar-refractivity contribution in [3.8, 4) is 0 Å². The summed E-state index contributed by atoms with van der Waals surface area (Å²) >= 11 is 0. The molecule has 0 aromatic heterocycles. The molecule has 0 saturated heterocycles. The van der Waals surface area contributed by atoms with Gasteiger partial charge in [0.25, 0.3) is 5.50 Å². The summed E-state index contributed by atoms with van der Waals surface area (Å²) in [5.74, 6) is 0. The van der Waals surface area contributed by atoms with Gasteiger partial charge in [0.15, 0.2) is 0 Å². The Balaban J connectivity index is 2.65. The lowest BCUT2D eigenvalue weighted by Gasteiger charge is -1.96. The molecule has 0 atom stereocenters. The van der Waals surface area contributed by atoms with E-state index >= 15 is 0 Å². The Bertz CT molecular complexity index is 514. The highest BCUT2D eigenvalue weighted by Gasteiger charge is 2.22. The summed E-state index contributed by atoms with van der Waals surface area (Å²) in [6, 6.07) is 6.74. The smallest absolute Gasteiger partial charge is 0.282 e. The Morgan fingerprint density at radius 3 is 2.00 bits per heavy atom. The maximum Gasteiger partial charge on any atom is 0.309 e. The predicted octanol–water partition coefficient (Wildman–Crippen LogP) is -0.889. The Morgan fingerprint density at radius 1 is 1.15 bits per heavy atom. The summed E-state index contributed by atoms with van der Waals surface area (Å²) in [7, 11) is -4.20. The van der Waals surface area contributed by atoms with Crippen molar-refractivity contribution in [1.82, 2.24) is 0 Å². The van der Waals surface area contributed by atoms with Gasteiger partial charge >= 0.3 is 10.1 Å². The van der Waals surface area contributed by atoms with Crippen LogP contribution in [0.3, 0.4) is 0 Å². The zero-order valence-electron chi connectivity index (χ0n) is 6.45. The van der Waals surface area contributed by atoms with Crippen LogP contribution in [0.2, 0.25) is 0 Å². The summed E-state index contributed by atoms with van der Waals surface area (Å²) in [6.45, 7) is 0. The molecular weight excluding hydrogens is 192 g/mol. The highest BCUT2D eigenvalue weighted by molar-refractivity contribution is 7.86. The molecule has 0 unspecified atom stereocenters. The predicted molar refractivity (Wildman–Crippen MR) is 44.1 cm³/mol. The van der Waals surface area contributed by atoms with Crippen molar-refractivity contribution >= 4 is 10.1 Å². The molecule has 0 saturated carbocycles.